The van der Waals surface area contributed by atoms with Gasteiger partial charge in [0.05, 0.1) is 15.7 Å². The molecule has 25 heavy (non-hydrogen) atoms. The quantitative estimate of drug-likeness (QED) is 0.462. The van der Waals surface area contributed by atoms with Crippen LogP contribution in [0.15, 0.2) is 55.8 Å². The third kappa shape index (κ3) is 3.33. The highest BCUT2D eigenvalue weighted by Crippen LogP contribution is 2.36. The molecular weight excluding hydrogens is 363 g/mol. The van der Waals surface area contributed by atoms with Gasteiger partial charge < -0.3 is 8.83 Å². The molecule has 0 unspecified atom stereocenters. The Morgan fingerprint density at radius 3 is 2.64 bits per heavy atom. The first kappa shape index (κ1) is 16.0. The van der Waals surface area contributed by atoms with Gasteiger partial charge in [-0.05, 0) is 30.5 Å². The molecule has 0 aliphatic heterocycles. The van der Waals surface area contributed by atoms with E-state index in [0.29, 0.717) is 17.0 Å². The van der Waals surface area contributed by atoms with Crippen LogP contribution in [-0.4, -0.2) is 20.4 Å². The molecule has 3 heterocycles. The van der Waals surface area contributed by atoms with E-state index in [1.54, 1.807) is 18.2 Å². The van der Waals surface area contributed by atoms with Crippen LogP contribution in [0.3, 0.4) is 0 Å². The first-order valence-corrected chi connectivity index (χ1v) is 9.09. The lowest BCUT2D eigenvalue weighted by atomic mass is 10.2. The third-order valence-electron chi connectivity index (χ3n) is 3.31. The Kier molecular flexibility index (Phi) is 4.33. The highest BCUT2D eigenvalue weighted by molar-refractivity contribution is 7.99. The molecule has 0 amide bonds. The lowest BCUT2D eigenvalue weighted by molar-refractivity contribution is 0.458. The number of hydrogen-bond donors (Lipinski definition) is 0. The summed E-state index contributed by atoms with van der Waals surface area (Å²) in [6.45, 7) is 1.89. The summed E-state index contributed by atoms with van der Waals surface area (Å²) in [5.74, 6) is 0.667. The molecule has 6 nitrogen and oxygen atoms in total. The molecular formula is C16H11FN4O2S2. The van der Waals surface area contributed by atoms with Crippen molar-refractivity contribution in [3.05, 3.63) is 53.5 Å². The van der Waals surface area contributed by atoms with Gasteiger partial charge in [-0.15, -0.1) is 31.7 Å². The van der Waals surface area contributed by atoms with Crippen LogP contribution in [0, 0.1) is 5.82 Å². The van der Waals surface area contributed by atoms with Crippen molar-refractivity contribution in [3.8, 4) is 22.2 Å². The van der Waals surface area contributed by atoms with Crippen LogP contribution < -0.4 is 0 Å². The molecule has 0 saturated carbocycles. The van der Waals surface area contributed by atoms with Crippen molar-refractivity contribution in [2.24, 2.45) is 0 Å². The van der Waals surface area contributed by atoms with Gasteiger partial charge >= 0.3 is 0 Å². The van der Waals surface area contributed by atoms with E-state index in [0.717, 1.165) is 4.88 Å². The molecule has 0 aliphatic carbocycles. The maximum absolute atomic E-state index is 13.8. The Hall–Kier alpha value is -2.52. The summed E-state index contributed by atoms with van der Waals surface area (Å²) in [6.07, 6.45) is 0. The van der Waals surface area contributed by atoms with Crippen LogP contribution in [-0.2, 0) is 0 Å². The summed E-state index contributed by atoms with van der Waals surface area (Å²) in [5.41, 5.74) is 0.271. The minimum Gasteiger partial charge on any atom is -0.419 e. The normalized spacial score (nSPS) is 12.4. The molecule has 4 aromatic rings. The number of rotatable bonds is 5. The Balaban J connectivity index is 1.50. The number of hydrogen-bond acceptors (Lipinski definition) is 8. The van der Waals surface area contributed by atoms with E-state index in [2.05, 4.69) is 20.4 Å². The van der Waals surface area contributed by atoms with Crippen molar-refractivity contribution in [1.82, 2.24) is 20.4 Å². The monoisotopic (exact) mass is 374 g/mol. The van der Waals surface area contributed by atoms with E-state index in [-0.39, 0.29) is 16.7 Å². The van der Waals surface area contributed by atoms with Gasteiger partial charge in [0, 0.05) is 0 Å². The lowest BCUT2D eigenvalue weighted by Crippen LogP contribution is -1.88. The second-order valence-corrected chi connectivity index (χ2v) is 7.28. The number of aromatic nitrogens is 4. The largest absolute Gasteiger partial charge is 0.419 e. The average Bonchev–Trinajstić information content (AvgIpc) is 3.36. The zero-order valence-electron chi connectivity index (χ0n) is 12.9. The molecule has 0 aliphatic rings. The van der Waals surface area contributed by atoms with E-state index in [1.165, 1.54) is 29.2 Å². The molecule has 0 N–H and O–H groups in total. The van der Waals surface area contributed by atoms with Crippen molar-refractivity contribution in [2.75, 3.05) is 0 Å². The fraction of sp³-hybridized carbons (Fsp3) is 0.125. The average molecular weight is 374 g/mol. The van der Waals surface area contributed by atoms with Crippen LogP contribution in [0.1, 0.15) is 18.1 Å². The summed E-state index contributed by atoms with van der Waals surface area (Å²) in [5, 5.41) is 18.0. The maximum atomic E-state index is 13.8. The van der Waals surface area contributed by atoms with Gasteiger partial charge in [-0.25, -0.2) is 4.39 Å². The summed E-state index contributed by atoms with van der Waals surface area (Å²) in [4.78, 5) is 0.913. The molecule has 0 bridgehead atoms. The summed E-state index contributed by atoms with van der Waals surface area (Å²) < 4.78 is 25.0. The minimum atomic E-state index is -0.409. The predicted molar refractivity (Wildman–Crippen MR) is 91.6 cm³/mol. The minimum absolute atomic E-state index is 0.137. The molecule has 0 saturated heterocycles. The van der Waals surface area contributed by atoms with Crippen LogP contribution in [0.4, 0.5) is 4.39 Å². The van der Waals surface area contributed by atoms with Crippen LogP contribution in [0.2, 0.25) is 0 Å². The molecule has 1 atom stereocenters. The van der Waals surface area contributed by atoms with Gasteiger partial charge in [0.25, 0.3) is 17.0 Å². The summed E-state index contributed by atoms with van der Waals surface area (Å²) in [6, 6.07) is 10.1. The second kappa shape index (κ2) is 6.77. The standard InChI is InChI=1S/C16H11FN4O2S2/c1-9(13-18-20-15(22-13)12-7-4-8-24-12)25-16-21-19-14(23-16)10-5-2-3-6-11(10)17/h2-9H,1H3/t9-/m1/s1. The molecule has 9 heteroatoms. The first-order chi connectivity index (χ1) is 12.2. The smallest absolute Gasteiger partial charge is 0.277 e. The molecule has 3 aromatic heterocycles. The first-order valence-electron chi connectivity index (χ1n) is 7.33. The topological polar surface area (TPSA) is 77.8 Å². The molecule has 1 aromatic carbocycles. The molecule has 0 spiro atoms. The number of nitrogens with zero attached hydrogens (tertiary/aromatic N) is 4. The molecule has 4 rings (SSSR count). The summed E-state index contributed by atoms with van der Waals surface area (Å²) in [7, 11) is 0. The van der Waals surface area contributed by atoms with Gasteiger partial charge in [-0.2, -0.15) is 0 Å². The number of benzene rings is 1. The Labute approximate surface area is 150 Å². The highest BCUT2D eigenvalue weighted by Gasteiger charge is 2.20. The van der Waals surface area contributed by atoms with Crippen molar-refractivity contribution in [1.29, 1.82) is 0 Å². The summed E-state index contributed by atoms with van der Waals surface area (Å²) >= 11 is 2.80. The Morgan fingerprint density at radius 1 is 1.00 bits per heavy atom. The van der Waals surface area contributed by atoms with Gasteiger partial charge in [-0.3, -0.25) is 0 Å². The zero-order chi connectivity index (χ0) is 17.2. The predicted octanol–water partition coefficient (Wildman–Crippen LogP) is 4.84. The van der Waals surface area contributed by atoms with E-state index in [1.807, 2.05) is 24.4 Å². The number of halogens is 1. The Bertz CT molecular complexity index is 984. The number of thioether (sulfide) groups is 1. The van der Waals surface area contributed by atoms with Crippen LogP contribution >= 0.6 is 23.1 Å². The molecule has 0 radical (unpaired) electrons. The van der Waals surface area contributed by atoms with E-state index >= 15 is 0 Å². The Morgan fingerprint density at radius 2 is 1.84 bits per heavy atom. The lowest BCUT2D eigenvalue weighted by Gasteiger charge is -2.01. The zero-order valence-corrected chi connectivity index (χ0v) is 14.6. The SMILES string of the molecule is C[C@@H](Sc1nnc(-c2ccccc2F)o1)c1nnc(-c2cccs2)o1. The van der Waals surface area contributed by atoms with Gasteiger partial charge in [0.1, 0.15) is 5.82 Å². The number of thiophene rings is 1. The molecule has 126 valence electrons. The van der Waals surface area contributed by atoms with Crippen LogP contribution in [0.5, 0.6) is 0 Å². The van der Waals surface area contributed by atoms with Crippen molar-refractivity contribution < 1.29 is 13.2 Å². The van der Waals surface area contributed by atoms with Gasteiger partial charge in [0.15, 0.2) is 0 Å². The third-order valence-corrected chi connectivity index (χ3v) is 5.09. The van der Waals surface area contributed by atoms with Crippen molar-refractivity contribution in [3.63, 3.8) is 0 Å². The fourth-order valence-corrected chi connectivity index (χ4v) is 3.46. The van der Waals surface area contributed by atoms with Crippen molar-refractivity contribution in [2.45, 2.75) is 17.4 Å². The van der Waals surface area contributed by atoms with Crippen molar-refractivity contribution >= 4 is 23.1 Å². The molecule has 0 fully saturated rings. The van der Waals surface area contributed by atoms with E-state index in [9.17, 15) is 4.39 Å². The van der Waals surface area contributed by atoms with E-state index < -0.39 is 5.82 Å². The van der Waals surface area contributed by atoms with E-state index in [4.69, 9.17) is 8.83 Å². The highest BCUT2D eigenvalue weighted by atomic mass is 32.2. The van der Waals surface area contributed by atoms with Gasteiger partial charge in [0.2, 0.25) is 5.89 Å². The van der Waals surface area contributed by atoms with Gasteiger partial charge in [-0.1, -0.05) is 30.0 Å². The van der Waals surface area contributed by atoms with Crippen LogP contribution in [0.25, 0.3) is 22.2 Å². The second-order valence-electron chi connectivity index (χ2n) is 5.04. The maximum Gasteiger partial charge on any atom is 0.277 e. The fourth-order valence-electron chi connectivity index (χ4n) is 2.10.